The number of aromatic nitrogens is 2. The van der Waals surface area contributed by atoms with E-state index < -0.39 is 11.9 Å². The van der Waals surface area contributed by atoms with Crippen LogP contribution < -0.4 is 15.8 Å². The van der Waals surface area contributed by atoms with E-state index in [4.69, 9.17) is 15.9 Å². The molecule has 0 radical (unpaired) electrons. The molecule has 0 bridgehead atoms. The van der Waals surface area contributed by atoms with Crippen molar-refractivity contribution in [1.29, 1.82) is 5.41 Å². The molecule has 1 amide bonds. The Labute approximate surface area is 155 Å². The SMILES string of the molecule is COC(=O)CNC(=O)COc1ccc(-c2cnc(C(=N)N)nc2)cc1.Cl. The van der Waals surface area contributed by atoms with E-state index in [9.17, 15) is 9.59 Å². The summed E-state index contributed by atoms with van der Waals surface area (Å²) in [4.78, 5) is 30.4. The normalized spacial score (nSPS) is 9.58. The predicted molar refractivity (Wildman–Crippen MR) is 96.3 cm³/mol. The van der Waals surface area contributed by atoms with Crippen LogP contribution in [0.5, 0.6) is 5.75 Å². The Bertz CT molecular complexity index is 765. The number of nitrogens with two attached hydrogens (primary N) is 1. The lowest BCUT2D eigenvalue weighted by atomic mass is 10.1. The van der Waals surface area contributed by atoms with Crippen molar-refractivity contribution in [3.63, 3.8) is 0 Å². The van der Waals surface area contributed by atoms with Gasteiger partial charge in [0.1, 0.15) is 12.3 Å². The number of benzene rings is 1. The minimum atomic E-state index is -0.532. The lowest BCUT2D eigenvalue weighted by Crippen LogP contribution is -2.33. The number of amides is 1. The maximum Gasteiger partial charge on any atom is 0.325 e. The van der Waals surface area contributed by atoms with Crippen molar-refractivity contribution in [2.45, 2.75) is 0 Å². The molecule has 1 aromatic heterocycles. The molecule has 10 heteroatoms. The van der Waals surface area contributed by atoms with Crippen molar-refractivity contribution in [3.05, 3.63) is 42.5 Å². The van der Waals surface area contributed by atoms with Crippen molar-refractivity contribution in [2.75, 3.05) is 20.3 Å². The second kappa shape index (κ2) is 9.94. The highest BCUT2D eigenvalue weighted by Crippen LogP contribution is 2.21. The van der Waals surface area contributed by atoms with Gasteiger partial charge < -0.3 is 20.5 Å². The number of carbonyl (C=O) groups is 2. The molecule has 2 aromatic rings. The number of nitrogens with one attached hydrogen (secondary N) is 2. The van der Waals surface area contributed by atoms with Gasteiger partial charge in [-0.05, 0) is 17.7 Å². The van der Waals surface area contributed by atoms with Crippen molar-refractivity contribution in [2.24, 2.45) is 5.73 Å². The number of methoxy groups -OCH3 is 1. The molecule has 9 nitrogen and oxygen atoms in total. The van der Waals surface area contributed by atoms with Gasteiger partial charge >= 0.3 is 5.97 Å². The van der Waals surface area contributed by atoms with Gasteiger partial charge in [0.25, 0.3) is 5.91 Å². The van der Waals surface area contributed by atoms with Crippen LogP contribution in [0.25, 0.3) is 11.1 Å². The number of ether oxygens (including phenoxy) is 2. The number of esters is 1. The summed E-state index contributed by atoms with van der Waals surface area (Å²) < 4.78 is 9.75. The van der Waals surface area contributed by atoms with Crippen molar-refractivity contribution in [1.82, 2.24) is 15.3 Å². The van der Waals surface area contributed by atoms with Crippen LogP contribution in [0, 0.1) is 5.41 Å². The third-order valence-electron chi connectivity index (χ3n) is 3.11. The summed E-state index contributed by atoms with van der Waals surface area (Å²) >= 11 is 0. The molecule has 4 N–H and O–H groups in total. The quantitative estimate of drug-likeness (QED) is 0.361. The molecule has 0 aliphatic carbocycles. The summed E-state index contributed by atoms with van der Waals surface area (Å²) in [5, 5.41) is 9.63. The minimum Gasteiger partial charge on any atom is -0.484 e. The smallest absolute Gasteiger partial charge is 0.325 e. The highest BCUT2D eigenvalue weighted by Gasteiger charge is 2.07. The van der Waals surface area contributed by atoms with Gasteiger partial charge in [0.2, 0.25) is 0 Å². The number of nitrogen functional groups attached to an aromatic ring is 1. The van der Waals surface area contributed by atoms with E-state index in [-0.39, 0.29) is 37.2 Å². The van der Waals surface area contributed by atoms with Crippen LogP contribution in [-0.2, 0) is 14.3 Å². The van der Waals surface area contributed by atoms with E-state index in [1.807, 2.05) is 0 Å². The predicted octanol–water partition coefficient (Wildman–Crippen LogP) is 0.517. The van der Waals surface area contributed by atoms with E-state index >= 15 is 0 Å². The van der Waals surface area contributed by atoms with Crippen LogP contribution >= 0.6 is 12.4 Å². The maximum absolute atomic E-state index is 11.5. The Morgan fingerprint density at radius 3 is 2.31 bits per heavy atom. The Balaban J connectivity index is 0.00000338. The Morgan fingerprint density at radius 1 is 1.15 bits per heavy atom. The number of hydrogen-bond donors (Lipinski definition) is 3. The third kappa shape index (κ3) is 6.02. The van der Waals surface area contributed by atoms with E-state index in [2.05, 4.69) is 20.0 Å². The minimum absolute atomic E-state index is 0. The summed E-state index contributed by atoms with van der Waals surface area (Å²) in [6.45, 7) is -0.416. The molecule has 0 atom stereocenters. The fourth-order valence-corrected chi connectivity index (χ4v) is 1.80. The number of halogens is 1. The molecule has 0 unspecified atom stereocenters. The first-order chi connectivity index (χ1) is 12.0. The van der Waals surface area contributed by atoms with Crippen LogP contribution in [0.1, 0.15) is 5.82 Å². The molecule has 0 saturated heterocycles. The molecule has 0 fully saturated rings. The van der Waals surface area contributed by atoms with Crippen LogP contribution in [0.3, 0.4) is 0 Å². The number of amidine groups is 1. The summed E-state index contributed by atoms with van der Waals surface area (Å²) in [5.41, 5.74) is 6.91. The van der Waals surface area contributed by atoms with Crippen LogP contribution in [0.4, 0.5) is 0 Å². The van der Waals surface area contributed by atoms with Crippen LogP contribution in [-0.4, -0.2) is 47.9 Å². The van der Waals surface area contributed by atoms with Gasteiger partial charge in [-0.25, -0.2) is 9.97 Å². The first-order valence-corrected chi connectivity index (χ1v) is 7.23. The number of nitrogens with zero attached hydrogens (tertiary/aromatic N) is 2. The second-order valence-electron chi connectivity index (χ2n) is 4.87. The largest absolute Gasteiger partial charge is 0.484 e. The van der Waals surface area contributed by atoms with Gasteiger partial charge in [0.05, 0.1) is 7.11 Å². The molecule has 26 heavy (non-hydrogen) atoms. The zero-order valence-corrected chi connectivity index (χ0v) is 14.7. The van der Waals surface area contributed by atoms with Crippen LogP contribution in [0.2, 0.25) is 0 Å². The maximum atomic E-state index is 11.5. The summed E-state index contributed by atoms with van der Waals surface area (Å²) in [6, 6.07) is 6.96. The molecule has 1 heterocycles. The fourth-order valence-electron chi connectivity index (χ4n) is 1.80. The molecule has 138 valence electrons. The topological polar surface area (TPSA) is 140 Å². The molecule has 2 rings (SSSR count). The van der Waals surface area contributed by atoms with Gasteiger partial charge in [0, 0.05) is 18.0 Å². The highest BCUT2D eigenvalue weighted by molar-refractivity contribution is 5.91. The molecule has 0 aliphatic rings. The summed E-state index contributed by atoms with van der Waals surface area (Å²) in [6.07, 6.45) is 3.14. The van der Waals surface area contributed by atoms with E-state index in [1.165, 1.54) is 7.11 Å². The number of hydrogen-bond acceptors (Lipinski definition) is 7. The first kappa shape index (κ1) is 20.8. The standard InChI is InChI=1S/C16H17N5O4.ClH/c1-24-14(23)8-19-13(22)9-25-12-4-2-10(3-5-12)11-6-20-16(15(17)18)21-7-11;/h2-7H,8-9H2,1H3,(H3,17,18)(H,19,22);1H. The van der Waals surface area contributed by atoms with Gasteiger partial charge in [-0.15, -0.1) is 12.4 Å². The lowest BCUT2D eigenvalue weighted by Gasteiger charge is -2.08. The lowest BCUT2D eigenvalue weighted by molar-refractivity contribution is -0.141. The number of carbonyl (C=O) groups excluding carboxylic acids is 2. The Hall–Kier alpha value is -3.20. The van der Waals surface area contributed by atoms with Crippen molar-refractivity contribution >= 4 is 30.1 Å². The molecular formula is C16H18ClN5O4. The van der Waals surface area contributed by atoms with Crippen molar-refractivity contribution < 1.29 is 19.1 Å². The van der Waals surface area contributed by atoms with E-state index in [0.29, 0.717) is 5.75 Å². The molecule has 0 aliphatic heterocycles. The molecular weight excluding hydrogens is 362 g/mol. The van der Waals surface area contributed by atoms with Crippen molar-refractivity contribution in [3.8, 4) is 16.9 Å². The summed E-state index contributed by atoms with van der Waals surface area (Å²) in [5.74, 6) is -0.487. The average molecular weight is 380 g/mol. The van der Waals surface area contributed by atoms with Gasteiger partial charge in [0.15, 0.2) is 18.3 Å². The molecule has 1 aromatic carbocycles. The van der Waals surface area contributed by atoms with E-state index in [0.717, 1.165) is 11.1 Å². The Morgan fingerprint density at radius 2 is 1.77 bits per heavy atom. The van der Waals surface area contributed by atoms with Gasteiger partial charge in [-0.1, -0.05) is 12.1 Å². The third-order valence-corrected chi connectivity index (χ3v) is 3.11. The monoisotopic (exact) mass is 379 g/mol. The molecule has 0 spiro atoms. The summed E-state index contributed by atoms with van der Waals surface area (Å²) in [7, 11) is 1.24. The highest BCUT2D eigenvalue weighted by atomic mass is 35.5. The Kier molecular flexibility index (Phi) is 7.97. The zero-order valence-electron chi connectivity index (χ0n) is 13.9. The van der Waals surface area contributed by atoms with Crippen LogP contribution in [0.15, 0.2) is 36.7 Å². The number of rotatable bonds is 7. The molecule has 0 saturated carbocycles. The van der Waals surface area contributed by atoms with E-state index in [1.54, 1.807) is 36.7 Å². The van der Waals surface area contributed by atoms with Gasteiger partial charge in [-0.3, -0.25) is 15.0 Å². The zero-order chi connectivity index (χ0) is 18.2. The van der Waals surface area contributed by atoms with Gasteiger partial charge in [-0.2, -0.15) is 0 Å². The fraction of sp³-hybridized carbons (Fsp3) is 0.188. The first-order valence-electron chi connectivity index (χ1n) is 7.23. The average Bonchev–Trinajstić information content (AvgIpc) is 2.64. The second-order valence-corrected chi connectivity index (χ2v) is 4.87.